The molecule has 0 aliphatic heterocycles. The minimum Gasteiger partial charge on any atom is -0.326 e. The molecule has 0 fully saturated rings. The maximum absolute atomic E-state index is 12.8. The Bertz CT molecular complexity index is 691. The van der Waals surface area contributed by atoms with Crippen molar-refractivity contribution in [1.29, 1.82) is 0 Å². The van der Waals surface area contributed by atoms with Gasteiger partial charge in [-0.25, -0.2) is 9.37 Å². The van der Waals surface area contributed by atoms with Crippen molar-refractivity contribution in [2.45, 2.75) is 0 Å². The molecule has 1 heterocycles. The van der Waals surface area contributed by atoms with Crippen LogP contribution in [0, 0.1) is 5.82 Å². The first-order chi connectivity index (χ1) is 8.70. The molecule has 1 aromatic heterocycles. The number of aromatic nitrogens is 2. The molecule has 0 bridgehead atoms. The number of rotatable bonds is 2. The standard InChI is InChI=1S/C13H9BrFN3/c14-8-1-6-11-12(7-8)18-13(17-11)16-10-4-2-9(15)3-5-10/h1-7H,(H2,16,17,18). The summed E-state index contributed by atoms with van der Waals surface area (Å²) in [7, 11) is 0. The molecule has 90 valence electrons. The van der Waals surface area contributed by atoms with E-state index in [2.05, 4.69) is 31.2 Å². The molecule has 0 amide bonds. The van der Waals surface area contributed by atoms with E-state index in [0.717, 1.165) is 21.2 Å². The molecular weight excluding hydrogens is 297 g/mol. The van der Waals surface area contributed by atoms with Crippen LogP contribution in [0.4, 0.5) is 16.0 Å². The fourth-order valence-electron chi connectivity index (χ4n) is 1.71. The Labute approximate surface area is 111 Å². The highest BCUT2D eigenvalue weighted by Crippen LogP contribution is 2.21. The SMILES string of the molecule is Fc1ccc(Nc2nc3ccc(Br)cc3[nH]2)cc1. The van der Waals surface area contributed by atoms with Gasteiger partial charge >= 0.3 is 0 Å². The van der Waals surface area contributed by atoms with E-state index in [-0.39, 0.29) is 5.82 Å². The zero-order chi connectivity index (χ0) is 12.5. The monoisotopic (exact) mass is 305 g/mol. The molecule has 0 saturated heterocycles. The van der Waals surface area contributed by atoms with E-state index >= 15 is 0 Å². The molecular formula is C13H9BrFN3. The van der Waals surface area contributed by atoms with Crippen LogP contribution in [0.1, 0.15) is 0 Å². The first kappa shape index (κ1) is 11.2. The molecule has 0 unspecified atom stereocenters. The van der Waals surface area contributed by atoms with Gasteiger partial charge in [-0.05, 0) is 42.5 Å². The maximum Gasteiger partial charge on any atom is 0.205 e. The smallest absolute Gasteiger partial charge is 0.205 e. The number of fused-ring (bicyclic) bond motifs is 1. The van der Waals surface area contributed by atoms with Gasteiger partial charge in [-0.2, -0.15) is 0 Å². The number of benzene rings is 2. The van der Waals surface area contributed by atoms with Crippen LogP contribution in [0.15, 0.2) is 46.9 Å². The molecule has 0 saturated carbocycles. The van der Waals surface area contributed by atoms with Crippen molar-refractivity contribution in [1.82, 2.24) is 9.97 Å². The summed E-state index contributed by atoms with van der Waals surface area (Å²) in [6.07, 6.45) is 0. The summed E-state index contributed by atoms with van der Waals surface area (Å²) in [5.41, 5.74) is 2.60. The van der Waals surface area contributed by atoms with Crippen molar-refractivity contribution in [3.63, 3.8) is 0 Å². The maximum atomic E-state index is 12.8. The summed E-state index contributed by atoms with van der Waals surface area (Å²) in [4.78, 5) is 7.54. The third-order valence-electron chi connectivity index (χ3n) is 2.55. The molecule has 18 heavy (non-hydrogen) atoms. The van der Waals surface area contributed by atoms with Gasteiger partial charge < -0.3 is 10.3 Å². The average molecular weight is 306 g/mol. The summed E-state index contributed by atoms with van der Waals surface area (Å²) in [6, 6.07) is 12.0. The number of imidazole rings is 1. The number of hydrogen-bond acceptors (Lipinski definition) is 2. The Morgan fingerprint density at radius 1 is 1.11 bits per heavy atom. The van der Waals surface area contributed by atoms with Crippen LogP contribution >= 0.6 is 15.9 Å². The first-order valence-corrected chi connectivity index (χ1v) is 6.18. The molecule has 3 nitrogen and oxygen atoms in total. The van der Waals surface area contributed by atoms with E-state index in [9.17, 15) is 4.39 Å². The molecule has 3 aromatic rings. The minimum atomic E-state index is -0.255. The molecule has 2 N–H and O–H groups in total. The number of aromatic amines is 1. The summed E-state index contributed by atoms with van der Waals surface area (Å²) in [5, 5.41) is 3.09. The number of nitrogens with one attached hydrogen (secondary N) is 2. The molecule has 2 aromatic carbocycles. The Balaban J connectivity index is 1.92. The second-order valence-electron chi connectivity index (χ2n) is 3.88. The number of halogens is 2. The van der Waals surface area contributed by atoms with Gasteiger partial charge in [0.15, 0.2) is 0 Å². The summed E-state index contributed by atoms with van der Waals surface area (Å²) in [5.74, 6) is 0.379. The fourth-order valence-corrected chi connectivity index (χ4v) is 2.07. The highest BCUT2D eigenvalue weighted by Gasteiger charge is 2.03. The van der Waals surface area contributed by atoms with Crippen molar-refractivity contribution in [2.24, 2.45) is 0 Å². The summed E-state index contributed by atoms with van der Waals surface area (Å²) in [6.45, 7) is 0. The second kappa shape index (κ2) is 4.42. The van der Waals surface area contributed by atoms with Gasteiger partial charge in [-0.3, -0.25) is 0 Å². The lowest BCUT2D eigenvalue weighted by Gasteiger charge is -2.01. The Morgan fingerprint density at radius 2 is 1.89 bits per heavy atom. The van der Waals surface area contributed by atoms with E-state index in [4.69, 9.17) is 0 Å². The zero-order valence-electron chi connectivity index (χ0n) is 9.24. The minimum absolute atomic E-state index is 0.255. The van der Waals surface area contributed by atoms with Crippen LogP contribution in [-0.4, -0.2) is 9.97 Å². The quantitative estimate of drug-likeness (QED) is 0.744. The predicted molar refractivity (Wildman–Crippen MR) is 73.5 cm³/mol. The van der Waals surface area contributed by atoms with E-state index in [1.54, 1.807) is 12.1 Å². The molecule has 0 atom stereocenters. The van der Waals surface area contributed by atoms with Crippen molar-refractivity contribution in [3.05, 3.63) is 52.8 Å². The number of hydrogen-bond donors (Lipinski definition) is 2. The Hall–Kier alpha value is -1.88. The van der Waals surface area contributed by atoms with Crippen molar-refractivity contribution in [3.8, 4) is 0 Å². The van der Waals surface area contributed by atoms with Crippen LogP contribution in [0.3, 0.4) is 0 Å². The van der Waals surface area contributed by atoms with E-state index in [0.29, 0.717) is 5.95 Å². The van der Waals surface area contributed by atoms with Crippen molar-refractivity contribution < 1.29 is 4.39 Å². The molecule has 3 rings (SSSR count). The predicted octanol–water partition coefficient (Wildman–Crippen LogP) is 4.21. The van der Waals surface area contributed by atoms with Gasteiger partial charge in [0, 0.05) is 10.2 Å². The van der Waals surface area contributed by atoms with Crippen LogP contribution in [-0.2, 0) is 0 Å². The third kappa shape index (κ3) is 2.22. The van der Waals surface area contributed by atoms with Gasteiger partial charge in [0.05, 0.1) is 11.0 Å². The Kier molecular flexibility index (Phi) is 2.76. The molecule has 5 heteroatoms. The summed E-state index contributed by atoms with van der Waals surface area (Å²) >= 11 is 3.41. The van der Waals surface area contributed by atoms with Crippen molar-refractivity contribution in [2.75, 3.05) is 5.32 Å². The first-order valence-electron chi connectivity index (χ1n) is 5.38. The summed E-state index contributed by atoms with van der Waals surface area (Å²) < 4.78 is 13.8. The molecule has 0 aliphatic carbocycles. The van der Waals surface area contributed by atoms with Crippen LogP contribution < -0.4 is 5.32 Å². The van der Waals surface area contributed by atoms with Crippen molar-refractivity contribution >= 4 is 38.6 Å². The molecule has 0 radical (unpaired) electrons. The Morgan fingerprint density at radius 3 is 2.67 bits per heavy atom. The number of anilines is 2. The zero-order valence-corrected chi connectivity index (χ0v) is 10.8. The number of nitrogens with zero attached hydrogens (tertiary/aromatic N) is 1. The van der Waals surface area contributed by atoms with Gasteiger partial charge in [0.2, 0.25) is 5.95 Å². The number of H-pyrrole nitrogens is 1. The van der Waals surface area contributed by atoms with E-state index in [1.165, 1.54) is 12.1 Å². The topological polar surface area (TPSA) is 40.7 Å². The van der Waals surface area contributed by atoms with Crippen LogP contribution in [0.2, 0.25) is 0 Å². The lowest BCUT2D eigenvalue weighted by Crippen LogP contribution is -1.91. The largest absolute Gasteiger partial charge is 0.326 e. The normalized spacial score (nSPS) is 10.8. The van der Waals surface area contributed by atoms with Crippen LogP contribution in [0.5, 0.6) is 0 Å². The lowest BCUT2D eigenvalue weighted by atomic mass is 10.3. The van der Waals surface area contributed by atoms with Gasteiger partial charge in [-0.15, -0.1) is 0 Å². The van der Waals surface area contributed by atoms with Crippen LogP contribution in [0.25, 0.3) is 11.0 Å². The molecule has 0 spiro atoms. The van der Waals surface area contributed by atoms with E-state index < -0.39 is 0 Å². The van der Waals surface area contributed by atoms with Gasteiger partial charge in [0.25, 0.3) is 0 Å². The lowest BCUT2D eigenvalue weighted by molar-refractivity contribution is 0.628. The fraction of sp³-hybridized carbons (Fsp3) is 0. The third-order valence-corrected chi connectivity index (χ3v) is 3.04. The highest BCUT2D eigenvalue weighted by atomic mass is 79.9. The highest BCUT2D eigenvalue weighted by molar-refractivity contribution is 9.10. The van der Waals surface area contributed by atoms with E-state index in [1.807, 2.05) is 18.2 Å². The van der Waals surface area contributed by atoms with Gasteiger partial charge in [0.1, 0.15) is 5.82 Å². The average Bonchev–Trinajstić information content (AvgIpc) is 2.73. The van der Waals surface area contributed by atoms with Gasteiger partial charge in [-0.1, -0.05) is 15.9 Å². The second-order valence-corrected chi connectivity index (χ2v) is 4.79. The molecule has 0 aliphatic rings.